The molecule has 3 nitrogen and oxygen atoms in total. The summed E-state index contributed by atoms with van der Waals surface area (Å²) in [6.07, 6.45) is 0. The molecule has 0 saturated heterocycles. The van der Waals surface area contributed by atoms with Gasteiger partial charge >= 0.3 is 0 Å². The molecular weight excluding hydrogens is 250 g/mol. The Bertz CT molecular complexity index is 417. The maximum absolute atomic E-state index is 13.2. The first kappa shape index (κ1) is 13.6. The number of carbonyl (C=O) groups is 1. The van der Waals surface area contributed by atoms with Crippen LogP contribution in [0.4, 0.5) is 14.5 Å². The van der Waals surface area contributed by atoms with Crippen molar-refractivity contribution in [3.63, 3.8) is 0 Å². The number of para-hydroxylation sites is 1. The van der Waals surface area contributed by atoms with Crippen LogP contribution in [0.25, 0.3) is 0 Å². The van der Waals surface area contributed by atoms with Crippen molar-refractivity contribution in [3.8, 4) is 0 Å². The molecule has 0 unspecified atom stereocenters. The molecule has 0 spiro atoms. The summed E-state index contributed by atoms with van der Waals surface area (Å²) in [6.45, 7) is 3.55. The number of halogens is 3. The molecule has 0 radical (unpaired) electrons. The summed E-state index contributed by atoms with van der Waals surface area (Å²) in [5.41, 5.74) is -0.455. The van der Waals surface area contributed by atoms with E-state index in [0.29, 0.717) is 5.03 Å². The van der Waals surface area contributed by atoms with Crippen molar-refractivity contribution in [2.75, 3.05) is 18.4 Å². The predicted molar refractivity (Wildman–Crippen MR) is 62.9 cm³/mol. The molecule has 0 atom stereocenters. The minimum Gasteiger partial charge on any atom is -0.320 e. The molecule has 92 valence electrons. The number of anilines is 1. The predicted octanol–water partition coefficient (Wildman–Crippen LogP) is 2.25. The Hall–Kier alpha value is -1.46. The molecule has 1 aromatic carbocycles. The molecule has 0 saturated carbocycles. The maximum Gasteiger partial charge on any atom is 0.238 e. The Morgan fingerprint density at radius 1 is 1.29 bits per heavy atom. The summed E-state index contributed by atoms with van der Waals surface area (Å²) in [7, 11) is 0. The highest BCUT2D eigenvalue weighted by molar-refractivity contribution is 6.29. The zero-order chi connectivity index (χ0) is 12.8. The second kappa shape index (κ2) is 6.32. The van der Waals surface area contributed by atoms with Gasteiger partial charge in [-0.2, -0.15) is 0 Å². The van der Waals surface area contributed by atoms with Gasteiger partial charge in [-0.1, -0.05) is 24.2 Å². The van der Waals surface area contributed by atoms with Crippen LogP contribution in [-0.4, -0.2) is 19.0 Å². The number of benzene rings is 1. The van der Waals surface area contributed by atoms with Crippen LogP contribution in [-0.2, 0) is 4.79 Å². The second-order valence-corrected chi connectivity index (χ2v) is 3.80. The quantitative estimate of drug-likeness (QED) is 0.853. The van der Waals surface area contributed by atoms with E-state index < -0.39 is 23.2 Å². The Morgan fingerprint density at radius 3 is 2.41 bits per heavy atom. The molecule has 17 heavy (non-hydrogen) atoms. The average Bonchev–Trinajstić information content (AvgIpc) is 2.23. The van der Waals surface area contributed by atoms with Crippen LogP contribution in [0.1, 0.15) is 0 Å². The smallest absolute Gasteiger partial charge is 0.238 e. The maximum atomic E-state index is 13.2. The fourth-order valence-corrected chi connectivity index (χ4v) is 1.21. The average molecular weight is 261 g/mol. The van der Waals surface area contributed by atoms with E-state index in [0.717, 1.165) is 12.1 Å². The molecule has 2 N–H and O–H groups in total. The van der Waals surface area contributed by atoms with E-state index >= 15 is 0 Å². The first-order valence-electron chi connectivity index (χ1n) is 4.78. The zero-order valence-corrected chi connectivity index (χ0v) is 9.65. The third-order valence-corrected chi connectivity index (χ3v) is 1.96. The molecule has 1 amide bonds. The van der Waals surface area contributed by atoms with Crippen LogP contribution in [0.2, 0.25) is 0 Å². The van der Waals surface area contributed by atoms with E-state index in [1.165, 1.54) is 6.07 Å². The summed E-state index contributed by atoms with van der Waals surface area (Å²) in [5.74, 6) is -2.20. The third-order valence-electron chi connectivity index (χ3n) is 1.83. The standard InChI is InChI=1S/C11H11ClF2N2O/c1-7(12)5-15-6-10(17)16-11-8(13)3-2-4-9(11)14/h2-4,15H,1,5-6H2,(H,16,17). The molecule has 0 fully saturated rings. The van der Waals surface area contributed by atoms with Gasteiger partial charge in [0.1, 0.15) is 17.3 Å². The van der Waals surface area contributed by atoms with Crippen LogP contribution in [0.3, 0.4) is 0 Å². The molecule has 0 bridgehead atoms. The summed E-state index contributed by atoms with van der Waals surface area (Å²) >= 11 is 5.46. The fraction of sp³-hybridized carbons (Fsp3) is 0.182. The van der Waals surface area contributed by atoms with Crippen LogP contribution < -0.4 is 10.6 Å². The molecule has 1 aromatic rings. The topological polar surface area (TPSA) is 41.1 Å². The number of rotatable bonds is 5. The number of nitrogens with one attached hydrogen (secondary N) is 2. The van der Waals surface area contributed by atoms with Crippen molar-refractivity contribution in [3.05, 3.63) is 41.4 Å². The van der Waals surface area contributed by atoms with Crippen molar-refractivity contribution in [2.24, 2.45) is 0 Å². The Labute approximate surface area is 102 Å². The Balaban J connectivity index is 2.53. The summed E-state index contributed by atoms with van der Waals surface area (Å²) in [5, 5.41) is 5.13. The lowest BCUT2D eigenvalue weighted by atomic mass is 10.3. The highest BCUT2D eigenvalue weighted by atomic mass is 35.5. The van der Waals surface area contributed by atoms with Gasteiger partial charge in [-0.15, -0.1) is 0 Å². The van der Waals surface area contributed by atoms with E-state index in [-0.39, 0.29) is 13.1 Å². The first-order valence-corrected chi connectivity index (χ1v) is 5.16. The van der Waals surface area contributed by atoms with Gasteiger partial charge in [-0.3, -0.25) is 4.79 Å². The SMILES string of the molecule is C=C(Cl)CNCC(=O)Nc1c(F)cccc1F. The highest BCUT2D eigenvalue weighted by Gasteiger charge is 2.11. The summed E-state index contributed by atoms with van der Waals surface area (Å²) in [6, 6.07) is 3.34. The van der Waals surface area contributed by atoms with Gasteiger partial charge in [0.25, 0.3) is 0 Å². The van der Waals surface area contributed by atoms with Gasteiger partial charge in [0.2, 0.25) is 5.91 Å². The van der Waals surface area contributed by atoms with E-state index in [4.69, 9.17) is 11.6 Å². The number of amides is 1. The van der Waals surface area contributed by atoms with Crippen LogP contribution in [0.5, 0.6) is 0 Å². The van der Waals surface area contributed by atoms with Gasteiger partial charge in [0.15, 0.2) is 0 Å². The lowest BCUT2D eigenvalue weighted by molar-refractivity contribution is -0.115. The minimum atomic E-state index is -0.819. The van der Waals surface area contributed by atoms with Crippen LogP contribution in [0, 0.1) is 11.6 Å². The van der Waals surface area contributed by atoms with Crippen LogP contribution in [0.15, 0.2) is 29.8 Å². The molecule has 0 aliphatic rings. The molecule has 1 rings (SSSR count). The Morgan fingerprint density at radius 2 is 1.88 bits per heavy atom. The molecule has 0 heterocycles. The van der Waals surface area contributed by atoms with Gasteiger partial charge < -0.3 is 10.6 Å². The van der Waals surface area contributed by atoms with Crippen molar-refractivity contribution >= 4 is 23.2 Å². The van der Waals surface area contributed by atoms with Gasteiger partial charge in [0, 0.05) is 11.6 Å². The number of hydrogen-bond acceptors (Lipinski definition) is 2. The van der Waals surface area contributed by atoms with E-state index in [2.05, 4.69) is 17.2 Å². The van der Waals surface area contributed by atoms with Gasteiger partial charge in [-0.25, -0.2) is 8.78 Å². The molecular formula is C11H11ClF2N2O. The zero-order valence-electron chi connectivity index (χ0n) is 8.90. The lowest BCUT2D eigenvalue weighted by Gasteiger charge is -2.07. The van der Waals surface area contributed by atoms with E-state index in [1.807, 2.05) is 0 Å². The van der Waals surface area contributed by atoms with Crippen molar-refractivity contribution in [1.82, 2.24) is 5.32 Å². The molecule has 0 aromatic heterocycles. The second-order valence-electron chi connectivity index (χ2n) is 3.27. The van der Waals surface area contributed by atoms with E-state index in [9.17, 15) is 13.6 Å². The largest absolute Gasteiger partial charge is 0.320 e. The fourth-order valence-electron chi connectivity index (χ4n) is 1.11. The Kier molecular flexibility index (Phi) is 5.06. The minimum absolute atomic E-state index is 0.112. The first-order chi connectivity index (χ1) is 8.00. The van der Waals surface area contributed by atoms with Crippen molar-refractivity contribution < 1.29 is 13.6 Å². The molecule has 0 aliphatic heterocycles. The lowest BCUT2D eigenvalue weighted by Crippen LogP contribution is -2.29. The van der Waals surface area contributed by atoms with Crippen molar-refractivity contribution in [2.45, 2.75) is 0 Å². The normalized spacial score (nSPS) is 10.1. The van der Waals surface area contributed by atoms with Crippen LogP contribution >= 0.6 is 11.6 Å². The molecule has 6 heteroatoms. The number of hydrogen-bond donors (Lipinski definition) is 2. The summed E-state index contributed by atoms with van der Waals surface area (Å²) < 4.78 is 26.3. The van der Waals surface area contributed by atoms with Crippen molar-refractivity contribution in [1.29, 1.82) is 0 Å². The highest BCUT2D eigenvalue weighted by Crippen LogP contribution is 2.17. The van der Waals surface area contributed by atoms with Gasteiger partial charge in [0.05, 0.1) is 6.54 Å². The van der Waals surface area contributed by atoms with Gasteiger partial charge in [-0.05, 0) is 12.1 Å². The van der Waals surface area contributed by atoms with E-state index in [1.54, 1.807) is 0 Å². The summed E-state index contributed by atoms with van der Waals surface area (Å²) in [4.78, 5) is 11.3. The third kappa shape index (κ3) is 4.50. The number of carbonyl (C=O) groups excluding carboxylic acids is 1. The monoisotopic (exact) mass is 260 g/mol. The molecule has 0 aliphatic carbocycles.